The Hall–Kier alpha value is -2.58. The number of carbonyl (C=O) groups excluding carboxylic acids is 1. The molecule has 0 bridgehead atoms. The molecule has 1 aliphatic carbocycles. The van der Waals surface area contributed by atoms with E-state index in [-0.39, 0.29) is 12.0 Å². The zero-order valence-corrected chi connectivity index (χ0v) is 18.4. The van der Waals surface area contributed by atoms with Crippen molar-refractivity contribution in [3.05, 3.63) is 52.9 Å². The molecule has 1 aromatic carbocycles. The third-order valence-corrected chi connectivity index (χ3v) is 5.84. The minimum Gasteiger partial charge on any atom is -0.444 e. The van der Waals surface area contributed by atoms with Gasteiger partial charge in [0.05, 0.1) is 23.5 Å². The van der Waals surface area contributed by atoms with Gasteiger partial charge < -0.3 is 9.30 Å². The Kier molecular flexibility index (Phi) is 5.71. The zero-order chi connectivity index (χ0) is 23.3. The molecule has 5 nitrogen and oxygen atoms in total. The number of ether oxygens (including phenoxy) is 1. The second-order valence-electron chi connectivity index (χ2n) is 9.50. The molecule has 2 aliphatic rings. The average Bonchev–Trinajstić information content (AvgIpc) is 3.43. The maximum atomic E-state index is 14.4. The Balaban J connectivity index is 1.58. The molecular weight excluding hydrogens is 426 g/mol. The first kappa shape index (κ1) is 22.6. The van der Waals surface area contributed by atoms with E-state index in [0.29, 0.717) is 31.5 Å². The quantitative estimate of drug-likeness (QED) is 0.546. The molecule has 0 saturated heterocycles. The molecule has 0 N–H and O–H groups in total. The summed E-state index contributed by atoms with van der Waals surface area (Å²) in [6.45, 7) is 6.40. The lowest BCUT2D eigenvalue weighted by atomic mass is 9.99. The molecule has 2 aromatic rings. The van der Waals surface area contributed by atoms with E-state index < -0.39 is 35.3 Å². The molecule has 1 saturated carbocycles. The van der Waals surface area contributed by atoms with Crippen molar-refractivity contribution in [3.8, 4) is 0 Å². The molecule has 1 atom stereocenters. The topological polar surface area (TPSA) is 47.4 Å². The summed E-state index contributed by atoms with van der Waals surface area (Å²) in [7, 11) is 0. The number of alkyl halides is 3. The average molecular weight is 453 g/mol. The van der Waals surface area contributed by atoms with Gasteiger partial charge in [-0.15, -0.1) is 0 Å². The van der Waals surface area contributed by atoms with Crippen molar-refractivity contribution < 1.29 is 27.1 Å². The van der Waals surface area contributed by atoms with Crippen molar-refractivity contribution in [1.82, 2.24) is 14.5 Å². The number of halogens is 4. The van der Waals surface area contributed by atoms with Crippen LogP contribution >= 0.6 is 0 Å². The summed E-state index contributed by atoms with van der Waals surface area (Å²) in [5.41, 5.74) is -0.644. The maximum Gasteiger partial charge on any atom is 0.416 e. The van der Waals surface area contributed by atoms with Crippen molar-refractivity contribution >= 4 is 6.09 Å². The summed E-state index contributed by atoms with van der Waals surface area (Å²) in [4.78, 5) is 19.1. The molecule has 1 fully saturated rings. The van der Waals surface area contributed by atoms with Crippen LogP contribution in [0.5, 0.6) is 0 Å². The van der Waals surface area contributed by atoms with E-state index in [2.05, 4.69) is 9.55 Å². The standard InChI is InChI=1S/C23H27F4N3O2/c1-22(2,3)32-21(31)30-11-10-29-19(13-28-20(29)15-4-5-15)18(30)9-7-14-6-8-16(12-17(14)24)23(25,26)27/h6,8,12-13,15,18H,4-5,7,9-11H2,1-3H3. The molecule has 9 heteroatoms. The molecule has 2 heterocycles. The lowest BCUT2D eigenvalue weighted by Gasteiger charge is -2.38. The predicted octanol–water partition coefficient (Wildman–Crippen LogP) is 5.84. The van der Waals surface area contributed by atoms with Gasteiger partial charge in [0.1, 0.15) is 17.2 Å². The molecule has 0 spiro atoms. The van der Waals surface area contributed by atoms with Crippen LogP contribution in [0, 0.1) is 5.82 Å². The van der Waals surface area contributed by atoms with Gasteiger partial charge in [0.25, 0.3) is 0 Å². The fraction of sp³-hybridized carbons (Fsp3) is 0.565. The van der Waals surface area contributed by atoms with Gasteiger partial charge in [-0.1, -0.05) is 6.07 Å². The largest absolute Gasteiger partial charge is 0.444 e. The number of nitrogens with zero attached hydrogens (tertiary/aromatic N) is 3. The second kappa shape index (κ2) is 8.08. The fourth-order valence-electron chi connectivity index (χ4n) is 4.17. The predicted molar refractivity (Wildman–Crippen MR) is 110 cm³/mol. The number of rotatable bonds is 4. The summed E-state index contributed by atoms with van der Waals surface area (Å²) in [6, 6.07) is 2.18. The molecule has 32 heavy (non-hydrogen) atoms. The monoisotopic (exact) mass is 453 g/mol. The molecule has 1 unspecified atom stereocenters. The highest BCUT2D eigenvalue weighted by molar-refractivity contribution is 5.69. The number of carbonyl (C=O) groups is 1. The van der Waals surface area contributed by atoms with Crippen LogP contribution in [0.2, 0.25) is 0 Å². The molecule has 174 valence electrons. The Labute approximate surface area is 184 Å². The van der Waals surface area contributed by atoms with Gasteiger partial charge in [-0.3, -0.25) is 4.90 Å². The minimum atomic E-state index is -4.60. The van der Waals surface area contributed by atoms with Crippen LogP contribution < -0.4 is 0 Å². The van der Waals surface area contributed by atoms with Crippen molar-refractivity contribution in [2.75, 3.05) is 6.54 Å². The number of aryl methyl sites for hydroxylation is 1. The number of hydrogen-bond donors (Lipinski definition) is 0. The Morgan fingerprint density at radius 2 is 1.91 bits per heavy atom. The van der Waals surface area contributed by atoms with Gasteiger partial charge in [-0.25, -0.2) is 14.2 Å². The first-order valence-corrected chi connectivity index (χ1v) is 10.8. The SMILES string of the molecule is CC(C)(C)OC(=O)N1CCn2c(cnc2C2CC2)C1CCc1ccc(C(F)(F)F)cc1F. The van der Waals surface area contributed by atoms with E-state index in [1.54, 1.807) is 31.9 Å². The highest BCUT2D eigenvalue weighted by Gasteiger charge is 2.38. The van der Waals surface area contributed by atoms with Gasteiger partial charge in [-0.2, -0.15) is 13.2 Å². The van der Waals surface area contributed by atoms with E-state index >= 15 is 0 Å². The number of fused-ring (bicyclic) bond motifs is 1. The zero-order valence-electron chi connectivity index (χ0n) is 18.4. The van der Waals surface area contributed by atoms with Crippen LogP contribution in [0.25, 0.3) is 0 Å². The third-order valence-electron chi connectivity index (χ3n) is 5.84. The number of aromatic nitrogens is 2. The third kappa shape index (κ3) is 4.76. The number of benzene rings is 1. The smallest absolute Gasteiger partial charge is 0.416 e. The van der Waals surface area contributed by atoms with Crippen molar-refractivity contribution in [3.63, 3.8) is 0 Å². The minimum absolute atomic E-state index is 0.178. The molecule has 1 amide bonds. The van der Waals surface area contributed by atoms with Crippen molar-refractivity contribution in [1.29, 1.82) is 0 Å². The van der Waals surface area contributed by atoms with E-state index in [1.165, 1.54) is 6.07 Å². The Morgan fingerprint density at radius 3 is 2.50 bits per heavy atom. The molecule has 1 aliphatic heterocycles. The van der Waals surface area contributed by atoms with Crippen LogP contribution in [0.15, 0.2) is 24.4 Å². The van der Waals surface area contributed by atoms with E-state index in [9.17, 15) is 22.4 Å². The van der Waals surface area contributed by atoms with Crippen LogP contribution in [0.1, 0.15) is 74.6 Å². The van der Waals surface area contributed by atoms with Gasteiger partial charge in [0.2, 0.25) is 0 Å². The van der Waals surface area contributed by atoms with Crippen molar-refractivity contribution in [2.24, 2.45) is 0 Å². The highest BCUT2D eigenvalue weighted by atomic mass is 19.4. The molecular formula is C23H27F4N3O2. The maximum absolute atomic E-state index is 14.4. The van der Waals surface area contributed by atoms with Gasteiger partial charge in [0, 0.05) is 19.0 Å². The summed E-state index contributed by atoms with van der Waals surface area (Å²) in [5.74, 6) is 0.547. The molecule has 4 rings (SSSR count). The van der Waals surface area contributed by atoms with E-state index in [4.69, 9.17) is 4.74 Å². The first-order chi connectivity index (χ1) is 14.9. The number of amides is 1. The Bertz CT molecular complexity index is 1010. The summed E-state index contributed by atoms with van der Waals surface area (Å²) < 4.78 is 60.7. The van der Waals surface area contributed by atoms with Crippen molar-refractivity contribution in [2.45, 2.75) is 76.7 Å². The van der Waals surface area contributed by atoms with E-state index in [0.717, 1.165) is 30.4 Å². The van der Waals surface area contributed by atoms with Gasteiger partial charge in [0.15, 0.2) is 0 Å². The number of imidazole rings is 1. The normalized spacial score (nSPS) is 19.1. The number of hydrogen-bond acceptors (Lipinski definition) is 3. The summed E-state index contributed by atoms with van der Waals surface area (Å²) in [5, 5.41) is 0. The second-order valence-corrected chi connectivity index (χ2v) is 9.50. The first-order valence-electron chi connectivity index (χ1n) is 10.8. The lowest BCUT2D eigenvalue weighted by Crippen LogP contribution is -2.45. The van der Waals surface area contributed by atoms with Gasteiger partial charge in [-0.05, 0) is 64.2 Å². The summed E-state index contributed by atoms with van der Waals surface area (Å²) in [6.07, 6.45) is -0.591. The Morgan fingerprint density at radius 1 is 1.19 bits per heavy atom. The fourth-order valence-corrected chi connectivity index (χ4v) is 4.17. The van der Waals surface area contributed by atoms with Crippen LogP contribution in [0.3, 0.4) is 0 Å². The van der Waals surface area contributed by atoms with Crippen LogP contribution in [0.4, 0.5) is 22.4 Å². The van der Waals surface area contributed by atoms with Gasteiger partial charge >= 0.3 is 12.3 Å². The van der Waals surface area contributed by atoms with E-state index in [1.807, 2.05) is 0 Å². The molecule has 0 radical (unpaired) electrons. The lowest BCUT2D eigenvalue weighted by molar-refractivity contribution is -0.137. The highest BCUT2D eigenvalue weighted by Crippen LogP contribution is 2.42. The molecule has 1 aromatic heterocycles. The van der Waals surface area contributed by atoms with Crippen LogP contribution in [-0.2, 0) is 23.9 Å². The van der Waals surface area contributed by atoms with Crippen LogP contribution in [-0.4, -0.2) is 32.7 Å². The summed E-state index contributed by atoms with van der Waals surface area (Å²) >= 11 is 0.